The van der Waals surface area contributed by atoms with E-state index in [0.29, 0.717) is 0 Å². The molecule has 0 aliphatic rings. The predicted octanol–water partition coefficient (Wildman–Crippen LogP) is 1.79. The molecule has 0 unspecified atom stereocenters. The highest BCUT2D eigenvalue weighted by Gasteiger charge is 2.17. The highest BCUT2D eigenvalue weighted by molar-refractivity contribution is 5.70. The van der Waals surface area contributed by atoms with Crippen LogP contribution in [0.15, 0.2) is 12.1 Å². The number of aliphatic carboxylic acids is 1. The van der Waals surface area contributed by atoms with E-state index in [2.05, 4.69) is 4.98 Å². The van der Waals surface area contributed by atoms with Gasteiger partial charge >= 0.3 is 5.97 Å². The highest BCUT2D eigenvalue weighted by Crippen LogP contribution is 2.21. The van der Waals surface area contributed by atoms with Crippen molar-refractivity contribution in [2.75, 3.05) is 0 Å². The van der Waals surface area contributed by atoms with Crippen molar-refractivity contribution in [2.24, 2.45) is 0 Å². The molecule has 0 spiro atoms. The van der Waals surface area contributed by atoms with Crippen LogP contribution in [0.4, 0.5) is 13.2 Å². The molecule has 1 heterocycles. The molecule has 76 valence electrons. The molecule has 0 aromatic carbocycles. The summed E-state index contributed by atoms with van der Waals surface area (Å²) in [4.78, 5) is 13.2. The van der Waals surface area contributed by atoms with Gasteiger partial charge in [0.15, 0.2) is 0 Å². The Hall–Kier alpha value is -1.59. The number of alkyl halides is 2. The first-order chi connectivity index (χ1) is 6.50. The summed E-state index contributed by atoms with van der Waals surface area (Å²) in [6, 6.07) is 1.85. The molecule has 6 heteroatoms. The third-order valence-corrected chi connectivity index (χ3v) is 1.53. The van der Waals surface area contributed by atoms with Gasteiger partial charge in [-0.3, -0.25) is 4.79 Å². The van der Waals surface area contributed by atoms with E-state index in [1.165, 1.54) is 0 Å². The van der Waals surface area contributed by atoms with E-state index in [4.69, 9.17) is 5.11 Å². The lowest BCUT2D eigenvalue weighted by Gasteiger charge is -2.04. The van der Waals surface area contributed by atoms with E-state index in [1.54, 1.807) is 0 Å². The van der Waals surface area contributed by atoms with Gasteiger partial charge in [0.1, 0.15) is 5.69 Å². The number of aromatic nitrogens is 1. The van der Waals surface area contributed by atoms with Gasteiger partial charge in [-0.2, -0.15) is 4.39 Å². The van der Waals surface area contributed by atoms with E-state index < -0.39 is 30.5 Å². The molecule has 14 heavy (non-hydrogen) atoms. The van der Waals surface area contributed by atoms with Crippen molar-refractivity contribution in [1.82, 2.24) is 4.98 Å². The molecule has 0 aliphatic heterocycles. The van der Waals surface area contributed by atoms with Crippen molar-refractivity contribution in [2.45, 2.75) is 12.8 Å². The number of carbonyl (C=O) groups is 1. The normalized spacial score (nSPS) is 10.6. The zero-order valence-corrected chi connectivity index (χ0v) is 6.88. The molecule has 0 bridgehead atoms. The zero-order valence-electron chi connectivity index (χ0n) is 6.88. The second kappa shape index (κ2) is 4.08. The Bertz CT molecular complexity index is 354. The molecule has 0 saturated carbocycles. The summed E-state index contributed by atoms with van der Waals surface area (Å²) < 4.78 is 36.9. The fourth-order valence-electron chi connectivity index (χ4n) is 0.980. The Labute approximate surface area is 77.2 Å². The molecule has 0 radical (unpaired) electrons. The van der Waals surface area contributed by atoms with Crippen molar-refractivity contribution in [3.05, 3.63) is 29.3 Å². The van der Waals surface area contributed by atoms with Crippen LogP contribution in [0, 0.1) is 5.95 Å². The van der Waals surface area contributed by atoms with Gasteiger partial charge in [0.2, 0.25) is 5.95 Å². The first-order valence-corrected chi connectivity index (χ1v) is 3.66. The lowest BCUT2D eigenvalue weighted by Crippen LogP contribution is -2.06. The Morgan fingerprint density at radius 1 is 1.50 bits per heavy atom. The van der Waals surface area contributed by atoms with Gasteiger partial charge in [0, 0.05) is 0 Å². The van der Waals surface area contributed by atoms with E-state index in [0.717, 1.165) is 12.1 Å². The van der Waals surface area contributed by atoms with E-state index in [-0.39, 0.29) is 5.56 Å². The second-order valence-corrected chi connectivity index (χ2v) is 2.55. The van der Waals surface area contributed by atoms with E-state index in [9.17, 15) is 18.0 Å². The van der Waals surface area contributed by atoms with E-state index >= 15 is 0 Å². The molecule has 0 saturated heterocycles. The summed E-state index contributed by atoms with van der Waals surface area (Å²) >= 11 is 0. The Morgan fingerprint density at radius 2 is 2.14 bits per heavy atom. The maximum atomic E-state index is 12.5. The number of nitrogens with zero attached hydrogens (tertiary/aromatic N) is 1. The minimum absolute atomic E-state index is 0.172. The summed E-state index contributed by atoms with van der Waals surface area (Å²) in [6.07, 6.45) is -3.56. The summed E-state index contributed by atoms with van der Waals surface area (Å²) in [5.74, 6) is -2.31. The fraction of sp³-hybridized carbons (Fsp3) is 0.250. The van der Waals surface area contributed by atoms with Crippen molar-refractivity contribution < 1.29 is 23.1 Å². The van der Waals surface area contributed by atoms with Gasteiger partial charge in [0.25, 0.3) is 6.43 Å². The highest BCUT2D eigenvalue weighted by atomic mass is 19.3. The van der Waals surface area contributed by atoms with Gasteiger partial charge < -0.3 is 5.11 Å². The molecule has 1 rings (SSSR count). The van der Waals surface area contributed by atoms with Gasteiger partial charge in [0.05, 0.1) is 6.42 Å². The smallest absolute Gasteiger partial charge is 0.307 e. The average molecular weight is 205 g/mol. The van der Waals surface area contributed by atoms with Crippen LogP contribution in [-0.4, -0.2) is 16.1 Å². The first kappa shape index (κ1) is 10.5. The lowest BCUT2D eigenvalue weighted by atomic mass is 10.1. The van der Waals surface area contributed by atoms with Crippen LogP contribution in [0.2, 0.25) is 0 Å². The summed E-state index contributed by atoms with van der Waals surface area (Å²) in [7, 11) is 0. The minimum Gasteiger partial charge on any atom is -0.481 e. The SMILES string of the molecule is O=C(O)Cc1ccc(F)nc1C(F)F. The maximum Gasteiger partial charge on any atom is 0.307 e. The number of pyridine rings is 1. The molecule has 1 aromatic heterocycles. The van der Waals surface area contributed by atoms with Crippen molar-refractivity contribution in [1.29, 1.82) is 0 Å². The number of hydrogen-bond donors (Lipinski definition) is 1. The average Bonchev–Trinajstić information content (AvgIpc) is 2.07. The summed E-state index contributed by atoms with van der Waals surface area (Å²) in [5.41, 5.74) is -0.985. The quantitative estimate of drug-likeness (QED) is 0.765. The molecule has 1 aromatic rings. The van der Waals surface area contributed by atoms with Gasteiger partial charge in [-0.25, -0.2) is 13.8 Å². The van der Waals surface area contributed by atoms with Crippen LogP contribution in [0.1, 0.15) is 17.7 Å². The number of hydrogen-bond acceptors (Lipinski definition) is 2. The Kier molecular flexibility index (Phi) is 3.06. The van der Waals surface area contributed by atoms with Gasteiger partial charge in [-0.05, 0) is 11.6 Å². The number of halogens is 3. The third kappa shape index (κ3) is 2.45. The van der Waals surface area contributed by atoms with Crippen LogP contribution in [0.3, 0.4) is 0 Å². The molecule has 0 fully saturated rings. The third-order valence-electron chi connectivity index (χ3n) is 1.53. The van der Waals surface area contributed by atoms with Crippen LogP contribution in [-0.2, 0) is 11.2 Å². The largest absolute Gasteiger partial charge is 0.481 e. The van der Waals surface area contributed by atoms with Crippen LogP contribution in [0.5, 0.6) is 0 Å². The van der Waals surface area contributed by atoms with Crippen LogP contribution >= 0.6 is 0 Å². The molecule has 0 atom stereocenters. The van der Waals surface area contributed by atoms with E-state index in [1.807, 2.05) is 0 Å². The van der Waals surface area contributed by atoms with Gasteiger partial charge in [-0.1, -0.05) is 6.07 Å². The van der Waals surface area contributed by atoms with Crippen molar-refractivity contribution in [3.8, 4) is 0 Å². The van der Waals surface area contributed by atoms with Crippen molar-refractivity contribution >= 4 is 5.97 Å². The summed E-state index contributed by atoms with van der Waals surface area (Å²) in [5, 5.41) is 8.38. The standard InChI is InChI=1S/C8H6F3NO2/c9-5-2-1-4(3-6(13)14)7(12-5)8(10)11/h1-2,8H,3H2,(H,13,14). The number of rotatable bonds is 3. The summed E-state index contributed by atoms with van der Waals surface area (Å²) in [6.45, 7) is 0. The fourth-order valence-corrected chi connectivity index (χ4v) is 0.980. The number of carboxylic acids is 1. The second-order valence-electron chi connectivity index (χ2n) is 2.55. The Morgan fingerprint density at radius 3 is 2.64 bits per heavy atom. The van der Waals surface area contributed by atoms with Gasteiger partial charge in [-0.15, -0.1) is 0 Å². The molecule has 1 N–H and O–H groups in total. The topological polar surface area (TPSA) is 50.2 Å². The van der Waals surface area contributed by atoms with Crippen LogP contribution in [0.25, 0.3) is 0 Å². The molecule has 3 nitrogen and oxygen atoms in total. The maximum absolute atomic E-state index is 12.5. The molecule has 0 aliphatic carbocycles. The zero-order chi connectivity index (χ0) is 10.7. The molecular formula is C8H6F3NO2. The van der Waals surface area contributed by atoms with Crippen molar-refractivity contribution in [3.63, 3.8) is 0 Å². The molecule has 0 amide bonds. The first-order valence-electron chi connectivity index (χ1n) is 3.66. The monoisotopic (exact) mass is 205 g/mol. The number of carboxylic acid groups (broad SMARTS) is 1. The minimum atomic E-state index is -2.97. The Balaban J connectivity index is 3.08. The predicted molar refractivity (Wildman–Crippen MR) is 40.5 cm³/mol. The molecular weight excluding hydrogens is 199 g/mol. The lowest BCUT2D eigenvalue weighted by molar-refractivity contribution is -0.136. The van der Waals surface area contributed by atoms with Crippen LogP contribution < -0.4 is 0 Å².